The molecule has 0 radical (unpaired) electrons. The second-order valence-electron chi connectivity index (χ2n) is 21.6. The average molecular weight is 1060 g/mol. The van der Waals surface area contributed by atoms with Crippen molar-refractivity contribution >= 4 is 70.4 Å². The van der Waals surface area contributed by atoms with Crippen LogP contribution in [0.15, 0.2) is 315 Å². The predicted molar refractivity (Wildman–Crippen MR) is 347 cm³/mol. The quantitative estimate of drug-likeness (QED) is 0.133. The number of benzene rings is 13. The van der Waals surface area contributed by atoms with Crippen molar-refractivity contribution in [2.45, 2.75) is 5.41 Å². The number of rotatable bonds is 10. The molecule has 0 saturated carbocycles. The number of hydrogen-bond acceptors (Lipinski definition) is 2. The summed E-state index contributed by atoms with van der Waals surface area (Å²) in [4.78, 5) is 2.46. The van der Waals surface area contributed by atoms with Crippen LogP contribution >= 0.6 is 11.3 Å². The average Bonchev–Trinajstić information content (AvgIpc) is 4.20. The highest BCUT2D eigenvalue weighted by Gasteiger charge is 2.46. The number of hydrogen-bond donors (Lipinski definition) is 0. The Bertz CT molecular complexity index is 4880. The monoisotopic (exact) mass is 1060 g/mol. The van der Waals surface area contributed by atoms with Gasteiger partial charge in [0.05, 0.1) is 16.4 Å². The van der Waals surface area contributed by atoms with Crippen molar-refractivity contribution in [3.05, 3.63) is 338 Å². The highest BCUT2D eigenvalue weighted by atomic mass is 32.1. The van der Waals surface area contributed by atoms with Crippen LogP contribution in [0.1, 0.15) is 22.3 Å². The summed E-state index contributed by atoms with van der Waals surface area (Å²) >= 11 is 1.86. The lowest BCUT2D eigenvalue weighted by molar-refractivity contribution is 0.768. The third-order valence-corrected chi connectivity index (χ3v) is 18.2. The zero-order chi connectivity index (χ0) is 54.1. The second kappa shape index (κ2) is 19.5. The van der Waals surface area contributed by atoms with Crippen LogP contribution in [0.25, 0.3) is 103 Å². The summed E-state index contributed by atoms with van der Waals surface area (Å²) in [5, 5.41) is 5.06. The van der Waals surface area contributed by atoms with Crippen molar-refractivity contribution in [2.75, 3.05) is 4.90 Å². The van der Waals surface area contributed by atoms with E-state index in [0.29, 0.717) is 0 Å². The lowest BCUT2D eigenvalue weighted by Gasteiger charge is -2.35. The summed E-state index contributed by atoms with van der Waals surface area (Å²) in [5.41, 5.74) is 23.5. The highest BCUT2D eigenvalue weighted by molar-refractivity contribution is 7.25. The van der Waals surface area contributed by atoms with Crippen molar-refractivity contribution in [3.63, 3.8) is 0 Å². The fraction of sp³-hybridized carbons (Fsp3) is 0.0127. The molecule has 2 nitrogen and oxygen atoms in total. The topological polar surface area (TPSA) is 8.17 Å². The highest BCUT2D eigenvalue weighted by Crippen LogP contribution is 2.57. The van der Waals surface area contributed by atoms with Crippen molar-refractivity contribution in [1.82, 2.24) is 4.57 Å². The molecule has 0 N–H and O–H groups in total. The molecule has 1 aliphatic rings. The first-order valence-corrected chi connectivity index (χ1v) is 29.0. The molecule has 0 unspecified atom stereocenters. The molecule has 2 heterocycles. The molecule has 384 valence electrons. The molecule has 0 fully saturated rings. The lowest BCUT2D eigenvalue weighted by Crippen LogP contribution is -2.28. The van der Waals surface area contributed by atoms with Crippen LogP contribution < -0.4 is 4.90 Å². The van der Waals surface area contributed by atoms with Crippen LogP contribution in [0.5, 0.6) is 0 Å². The van der Waals surface area contributed by atoms with Gasteiger partial charge < -0.3 is 9.47 Å². The van der Waals surface area contributed by atoms with Gasteiger partial charge in [0.1, 0.15) is 0 Å². The first-order chi connectivity index (χ1) is 40.6. The lowest BCUT2D eigenvalue weighted by atomic mass is 9.67. The smallest absolute Gasteiger partial charge is 0.0714 e. The minimum absolute atomic E-state index is 0.523. The predicted octanol–water partition coefficient (Wildman–Crippen LogP) is 21.7. The largest absolute Gasteiger partial charge is 0.310 e. The Balaban J connectivity index is 0.758. The zero-order valence-corrected chi connectivity index (χ0v) is 45.6. The fourth-order valence-corrected chi connectivity index (χ4v) is 14.4. The van der Waals surface area contributed by atoms with Gasteiger partial charge in [-0.05, 0) is 175 Å². The SMILES string of the molecule is c1ccc(-n2c3ccccc3c3cc(-c4cccc(-c5cccc(-c6cccc(-c7ccc(N(c8ccc9c(c8)C(c8ccccc8)(c8ccccc8)c8ccccc8-9)c8ccc9sc%10ccccc%10c9c8)cc7)c6)c5)c4)ccc32)cc1. The number of thiophene rings is 1. The summed E-state index contributed by atoms with van der Waals surface area (Å²) in [5.74, 6) is 0. The van der Waals surface area contributed by atoms with E-state index in [1.165, 1.54) is 120 Å². The summed E-state index contributed by atoms with van der Waals surface area (Å²) in [6.45, 7) is 0. The third-order valence-electron chi connectivity index (χ3n) is 17.1. The molecule has 0 spiro atoms. The molecule has 1 aliphatic carbocycles. The molecular formula is C79H52N2S. The molecule has 0 bridgehead atoms. The van der Waals surface area contributed by atoms with E-state index in [1.54, 1.807) is 0 Å². The maximum absolute atomic E-state index is 2.47. The van der Waals surface area contributed by atoms with Crippen LogP contribution in [0.3, 0.4) is 0 Å². The zero-order valence-electron chi connectivity index (χ0n) is 44.8. The van der Waals surface area contributed by atoms with Crippen LogP contribution in [0.2, 0.25) is 0 Å². The molecular weight excluding hydrogens is 1010 g/mol. The number of aromatic nitrogens is 1. The van der Waals surface area contributed by atoms with E-state index in [0.717, 1.165) is 22.6 Å². The first-order valence-electron chi connectivity index (χ1n) is 28.2. The van der Waals surface area contributed by atoms with E-state index < -0.39 is 5.41 Å². The Hall–Kier alpha value is -10.3. The van der Waals surface area contributed by atoms with Crippen molar-refractivity contribution in [2.24, 2.45) is 0 Å². The van der Waals surface area contributed by atoms with Crippen LogP contribution in [0.4, 0.5) is 17.1 Å². The van der Waals surface area contributed by atoms with E-state index in [4.69, 9.17) is 0 Å². The van der Waals surface area contributed by atoms with Gasteiger partial charge in [0.15, 0.2) is 0 Å². The normalized spacial score (nSPS) is 12.5. The number of nitrogens with zero attached hydrogens (tertiary/aromatic N) is 2. The maximum Gasteiger partial charge on any atom is 0.0714 e. The van der Waals surface area contributed by atoms with Gasteiger partial charge in [0.25, 0.3) is 0 Å². The first kappa shape index (κ1) is 47.7. The van der Waals surface area contributed by atoms with E-state index in [-0.39, 0.29) is 0 Å². The summed E-state index contributed by atoms with van der Waals surface area (Å²) in [6.07, 6.45) is 0. The third kappa shape index (κ3) is 7.77. The second-order valence-corrected chi connectivity index (χ2v) is 22.7. The maximum atomic E-state index is 2.47. The van der Waals surface area contributed by atoms with Crippen LogP contribution in [-0.4, -0.2) is 4.57 Å². The molecule has 3 heteroatoms. The number of fused-ring (bicyclic) bond motifs is 9. The van der Waals surface area contributed by atoms with Gasteiger partial charge in [0.2, 0.25) is 0 Å². The minimum Gasteiger partial charge on any atom is -0.310 e. The summed E-state index contributed by atoms with van der Waals surface area (Å²) in [7, 11) is 0. The molecule has 0 atom stereocenters. The molecule has 2 aromatic heterocycles. The molecule has 13 aromatic carbocycles. The molecule has 0 amide bonds. The van der Waals surface area contributed by atoms with Crippen molar-refractivity contribution < 1.29 is 0 Å². The fourth-order valence-electron chi connectivity index (χ4n) is 13.3. The Morgan fingerprint density at radius 2 is 0.744 bits per heavy atom. The van der Waals surface area contributed by atoms with Crippen LogP contribution in [-0.2, 0) is 5.41 Å². The molecule has 15 aromatic rings. The minimum atomic E-state index is -0.523. The molecule has 82 heavy (non-hydrogen) atoms. The van der Waals surface area contributed by atoms with Gasteiger partial charge in [-0.3, -0.25) is 0 Å². The van der Waals surface area contributed by atoms with Gasteiger partial charge in [-0.15, -0.1) is 11.3 Å². The van der Waals surface area contributed by atoms with Gasteiger partial charge in [-0.25, -0.2) is 0 Å². The van der Waals surface area contributed by atoms with Gasteiger partial charge in [-0.2, -0.15) is 0 Å². The molecule has 0 saturated heterocycles. The van der Waals surface area contributed by atoms with E-state index >= 15 is 0 Å². The standard InChI is InChI=1S/C79H52N2S/c1-4-25-61(26-5-1)79(62-27-6-2-7-28-62)73-34-13-10-31-67(73)68-44-42-66(52-74(68)79)80(65-43-46-78-72(51-65)70-33-12-15-36-77(70)82-78)64-40-37-53(38-41-64)54-19-16-20-55(47-54)56-21-17-22-57(48-56)58-23-18-24-59(49-58)60-39-45-76-71(50-60)69-32-11-14-35-75(69)81(76)63-29-8-3-9-30-63/h1-52H. The van der Waals surface area contributed by atoms with E-state index in [9.17, 15) is 0 Å². The molecule has 0 aliphatic heterocycles. The summed E-state index contributed by atoms with van der Waals surface area (Å²) < 4.78 is 4.96. The van der Waals surface area contributed by atoms with Gasteiger partial charge in [-0.1, -0.05) is 218 Å². The number of para-hydroxylation sites is 2. The Morgan fingerprint density at radius 1 is 0.268 bits per heavy atom. The molecule has 16 rings (SSSR count). The van der Waals surface area contributed by atoms with Gasteiger partial charge >= 0.3 is 0 Å². The van der Waals surface area contributed by atoms with E-state index in [1.807, 2.05) is 11.3 Å². The van der Waals surface area contributed by atoms with Crippen molar-refractivity contribution in [3.8, 4) is 61.3 Å². The van der Waals surface area contributed by atoms with Crippen molar-refractivity contribution in [1.29, 1.82) is 0 Å². The van der Waals surface area contributed by atoms with Gasteiger partial charge in [0, 0.05) is 53.7 Å². The van der Waals surface area contributed by atoms with Crippen LogP contribution in [0, 0.1) is 0 Å². The van der Waals surface area contributed by atoms with E-state index in [2.05, 4.69) is 325 Å². The number of anilines is 3. The Kier molecular flexibility index (Phi) is 11.3. The Labute approximate surface area is 481 Å². The summed E-state index contributed by atoms with van der Waals surface area (Å²) in [6, 6.07) is 117. The Morgan fingerprint density at radius 3 is 1.41 bits per heavy atom.